The van der Waals surface area contributed by atoms with Gasteiger partial charge in [0.05, 0.1) is 0 Å². The Bertz CT molecular complexity index is 329. The molecule has 0 amide bonds. The lowest BCUT2D eigenvalue weighted by Gasteiger charge is -2.12. The summed E-state index contributed by atoms with van der Waals surface area (Å²) in [6.45, 7) is 5.19. The third kappa shape index (κ3) is 13.1. The molecule has 0 N–H and O–H groups in total. The van der Waals surface area contributed by atoms with E-state index in [1.807, 2.05) is 24.3 Å². The number of esters is 1. The number of ether oxygens (including phenoxy) is 1. The third-order valence-corrected chi connectivity index (χ3v) is 2.89. The number of Topliss-reactive ketones (excluding diaryl/α,β-unsaturated/α-hetero) is 1. The summed E-state index contributed by atoms with van der Waals surface area (Å²) in [5, 5.41) is 0. The SMILES string of the molecule is CCCCCCCC(C=CC=CCC(C)=O)OC(C)=O. The van der Waals surface area contributed by atoms with Gasteiger partial charge in [-0.15, -0.1) is 0 Å². The summed E-state index contributed by atoms with van der Waals surface area (Å²) >= 11 is 0. The van der Waals surface area contributed by atoms with Crippen LogP contribution in [0.3, 0.4) is 0 Å². The summed E-state index contributed by atoms with van der Waals surface area (Å²) in [6.07, 6.45) is 14.5. The van der Waals surface area contributed by atoms with E-state index in [0.29, 0.717) is 6.42 Å². The van der Waals surface area contributed by atoms with E-state index in [1.54, 1.807) is 6.92 Å². The molecule has 0 aliphatic rings. The van der Waals surface area contributed by atoms with Gasteiger partial charge in [-0.1, -0.05) is 50.8 Å². The molecule has 0 aliphatic heterocycles. The topological polar surface area (TPSA) is 43.4 Å². The van der Waals surface area contributed by atoms with Gasteiger partial charge in [-0.25, -0.2) is 0 Å². The molecule has 0 aromatic heterocycles. The molecule has 0 aromatic carbocycles. The highest BCUT2D eigenvalue weighted by Gasteiger charge is 2.07. The van der Waals surface area contributed by atoms with Gasteiger partial charge < -0.3 is 4.74 Å². The molecule has 0 radical (unpaired) electrons. The lowest BCUT2D eigenvalue weighted by atomic mass is 10.1. The van der Waals surface area contributed by atoms with E-state index >= 15 is 0 Å². The molecular formula is C17H28O3. The first-order valence-corrected chi connectivity index (χ1v) is 7.56. The molecule has 0 saturated heterocycles. The van der Waals surface area contributed by atoms with Crippen LogP contribution in [0.4, 0.5) is 0 Å². The first kappa shape index (κ1) is 18.6. The van der Waals surface area contributed by atoms with E-state index < -0.39 is 0 Å². The van der Waals surface area contributed by atoms with Crippen molar-refractivity contribution in [3.63, 3.8) is 0 Å². The first-order chi connectivity index (χ1) is 9.56. The van der Waals surface area contributed by atoms with E-state index in [2.05, 4.69) is 6.92 Å². The number of carbonyl (C=O) groups excluding carboxylic acids is 2. The second-order valence-electron chi connectivity index (χ2n) is 5.07. The summed E-state index contributed by atoms with van der Waals surface area (Å²) in [6, 6.07) is 0. The molecule has 0 spiro atoms. The van der Waals surface area contributed by atoms with Gasteiger partial charge in [0.15, 0.2) is 0 Å². The smallest absolute Gasteiger partial charge is 0.303 e. The van der Waals surface area contributed by atoms with Crippen molar-refractivity contribution in [2.24, 2.45) is 0 Å². The fourth-order valence-electron chi connectivity index (χ4n) is 1.86. The molecular weight excluding hydrogens is 252 g/mol. The molecule has 3 heteroatoms. The van der Waals surface area contributed by atoms with Gasteiger partial charge in [0, 0.05) is 13.3 Å². The third-order valence-electron chi connectivity index (χ3n) is 2.89. The Morgan fingerprint density at radius 2 is 1.75 bits per heavy atom. The molecule has 0 aliphatic carbocycles. The summed E-state index contributed by atoms with van der Waals surface area (Å²) in [4.78, 5) is 21.8. The van der Waals surface area contributed by atoms with Crippen LogP contribution in [0.1, 0.15) is 65.7 Å². The van der Waals surface area contributed by atoms with Crippen LogP contribution >= 0.6 is 0 Å². The van der Waals surface area contributed by atoms with Gasteiger partial charge in [0.1, 0.15) is 11.9 Å². The molecule has 114 valence electrons. The molecule has 0 bridgehead atoms. The Morgan fingerprint density at radius 1 is 1.05 bits per heavy atom. The molecule has 1 atom stereocenters. The van der Waals surface area contributed by atoms with Crippen molar-refractivity contribution in [1.29, 1.82) is 0 Å². The van der Waals surface area contributed by atoms with E-state index in [4.69, 9.17) is 4.74 Å². The molecule has 0 rings (SSSR count). The molecule has 0 heterocycles. The Hall–Kier alpha value is -1.38. The summed E-state index contributed by atoms with van der Waals surface area (Å²) in [5.74, 6) is -0.108. The monoisotopic (exact) mass is 280 g/mol. The minimum absolute atomic E-state index is 0.141. The number of unbranched alkanes of at least 4 members (excludes halogenated alkanes) is 4. The lowest BCUT2D eigenvalue weighted by Crippen LogP contribution is -2.13. The van der Waals surface area contributed by atoms with Crippen LogP contribution in [0.5, 0.6) is 0 Å². The second-order valence-corrected chi connectivity index (χ2v) is 5.07. The first-order valence-electron chi connectivity index (χ1n) is 7.56. The molecule has 0 fully saturated rings. The Balaban J connectivity index is 4.06. The Kier molecular flexibility index (Phi) is 11.8. The van der Waals surface area contributed by atoms with Gasteiger partial charge in [0.2, 0.25) is 0 Å². The van der Waals surface area contributed by atoms with Gasteiger partial charge in [-0.05, 0) is 25.8 Å². The minimum Gasteiger partial charge on any atom is -0.458 e. The van der Waals surface area contributed by atoms with Crippen molar-refractivity contribution in [3.8, 4) is 0 Å². The quantitative estimate of drug-likeness (QED) is 0.320. The highest BCUT2D eigenvalue weighted by molar-refractivity contribution is 5.77. The maximum absolute atomic E-state index is 11.0. The van der Waals surface area contributed by atoms with Crippen molar-refractivity contribution in [2.45, 2.75) is 71.8 Å². The zero-order chi connectivity index (χ0) is 15.2. The summed E-state index contributed by atoms with van der Waals surface area (Å²) < 4.78 is 5.26. The number of ketones is 1. The second kappa shape index (κ2) is 12.6. The fraction of sp³-hybridized carbons (Fsp3) is 0.647. The van der Waals surface area contributed by atoms with Gasteiger partial charge in [-0.2, -0.15) is 0 Å². The van der Waals surface area contributed by atoms with E-state index in [1.165, 1.54) is 32.6 Å². The molecule has 20 heavy (non-hydrogen) atoms. The van der Waals surface area contributed by atoms with Crippen LogP contribution in [0.2, 0.25) is 0 Å². The van der Waals surface area contributed by atoms with Crippen LogP contribution in [0, 0.1) is 0 Å². The van der Waals surface area contributed by atoms with Gasteiger partial charge in [-0.3, -0.25) is 9.59 Å². The number of hydrogen-bond donors (Lipinski definition) is 0. The standard InChI is InChI=1S/C17H28O3/c1-4-5-6-7-10-13-17(20-16(3)19)14-11-8-9-12-15(2)18/h8-9,11,14,17H,4-7,10,12-13H2,1-3H3. The molecule has 0 aromatic rings. The summed E-state index contributed by atoms with van der Waals surface area (Å²) in [5.41, 5.74) is 0. The number of allylic oxidation sites excluding steroid dienone is 3. The van der Waals surface area contributed by atoms with Crippen molar-refractivity contribution < 1.29 is 14.3 Å². The molecule has 1 unspecified atom stereocenters. The summed E-state index contributed by atoms with van der Waals surface area (Å²) in [7, 11) is 0. The predicted octanol–water partition coefficient (Wildman–Crippen LogP) is 4.37. The van der Waals surface area contributed by atoms with E-state index in [-0.39, 0.29) is 17.9 Å². The van der Waals surface area contributed by atoms with Crippen molar-refractivity contribution in [1.82, 2.24) is 0 Å². The average Bonchev–Trinajstić information content (AvgIpc) is 2.36. The largest absolute Gasteiger partial charge is 0.458 e. The zero-order valence-electron chi connectivity index (χ0n) is 13.1. The van der Waals surface area contributed by atoms with E-state index in [0.717, 1.165) is 12.8 Å². The lowest BCUT2D eigenvalue weighted by molar-refractivity contribution is -0.144. The van der Waals surface area contributed by atoms with Crippen LogP contribution in [-0.4, -0.2) is 17.9 Å². The molecule has 3 nitrogen and oxygen atoms in total. The van der Waals surface area contributed by atoms with Crippen molar-refractivity contribution in [2.75, 3.05) is 0 Å². The molecule has 0 saturated carbocycles. The Morgan fingerprint density at radius 3 is 2.35 bits per heavy atom. The van der Waals surface area contributed by atoms with Crippen LogP contribution < -0.4 is 0 Å². The van der Waals surface area contributed by atoms with Gasteiger partial charge >= 0.3 is 5.97 Å². The Labute approximate surface area is 123 Å². The van der Waals surface area contributed by atoms with Crippen LogP contribution in [0.15, 0.2) is 24.3 Å². The van der Waals surface area contributed by atoms with Crippen molar-refractivity contribution in [3.05, 3.63) is 24.3 Å². The number of carbonyl (C=O) groups is 2. The average molecular weight is 280 g/mol. The normalized spacial score (nSPS) is 12.9. The van der Waals surface area contributed by atoms with E-state index in [9.17, 15) is 9.59 Å². The predicted molar refractivity (Wildman–Crippen MR) is 82.5 cm³/mol. The maximum Gasteiger partial charge on any atom is 0.303 e. The zero-order valence-corrected chi connectivity index (χ0v) is 13.1. The minimum atomic E-state index is -0.249. The van der Waals surface area contributed by atoms with Crippen LogP contribution in [-0.2, 0) is 14.3 Å². The highest BCUT2D eigenvalue weighted by Crippen LogP contribution is 2.11. The number of hydrogen-bond acceptors (Lipinski definition) is 3. The fourth-order valence-corrected chi connectivity index (χ4v) is 1.86. The highest BCUT2D eigenvalue weighted by atomic mass is 16.5. The van der Waals surface area contributed by atoms with Crippen molar-refractivity contribution >= 4 is 11.8 Å². The number of rotatable bonds is 11. The maximum atomic E-state index is 11.0. The van der Waals surface area contributed by atoms with Crippen LogP contribution in [0.25, 0.3) is 0 Å². The van der Waals surface area contributed by atoms with Gasteiger partial charge in [0.25, 0.3) is 0 Å².